The Hall–Kier alpha value is -3.18. The molecule has 1 saturated heterocycles. The lowest BCUT2D eigenvalue weighted by Crippen LogP contribution is -2.55. The Bertz CT molecular complexity index is 1120. The molecule has 184 valence electrons. The summed E-state index contributed by atoms with van der Waals surface area (Å²) < 4.78 is 19.0. The molecule has 1 aromatic carbocycles. The molecular formula is C27H32FN5O2. The fraction of sp³-hybridized carbons (Fsp3) is 0.519. The highest BCUT2D eigenvalue weighted by Gasteiger charge is 2.33. The molecule has 3 aliphatic rings. The average Bonchev–Trinajstić information content (AvgIpc) is 2.89. The lowest BCUT2D eigenvalue weighted by atomic mass is 9.82. The molecule has 1 N–H and O–H groups in total. The fourth-order valence-corrected chi connectivity index (χ4v) is 5.70. The van der Waals surface area contributed by atoms with Crippen LogP contribution in [0.15, 0.2) is 24.3 Å². The van der Waals surface area contributed by atoms with E-state index in [1.807, 2.05) is 6.92 Å². The van der Waals surface area contributed by atoms with Crippen LogP contribution in [0.3, 0.4) is 0 Å². The van der Waals surface area contributed by atoms with E-state index in [9.17, 15) is 14.4 Å². The molecule has 2 amide bonds. The van der Waals surface area contributed by atoms with Gasteiger partial charge in [0.1, 0.15) is 17.7 Å². The Labute approximate surface area is 205 Å². The number of anilines is 2. The first kappa shape index (κ1) is 23.6. The Morgan fingerprint density at radius 1 is 1.17 bits per heavy atom. The van der Waals surface area contributed by atoms with Crippen LogP contribution in [-0.2, 0) is 17.8 Å². The van der Waals surface area contributed by atoms with E-state index in [2.05, 4.69) is 16.3 Å². The Morgan fingerprint density at radius 2 is 1.94 bits per heavy atom. The van der Waals surface area contributed by atoms with Crippen LogP contribution in [0, 0.1) is 17.1 Å². The molecule has 5 rings (SSSR count). The van der Waals surface area contributed by atoms with Crippen molar-refractivity contribution in [1.29, 1.82) is 5.26 Å². The van der Waals surface area contributed by atoms with Gasteiger partial charge >= 0.3 is 6.03 Å². The molecule has 3 heterocycles. The molecule has 0 spiro atoms. The third-order valence-electron chi connectivity index (χ3n) is 7.56. The van der Waals surface area contributed by atoms with Crippen LogP contribution in [-0.4, -0.2) is 48.2 Å². The van der Waals surface area contributed by atoms with Gasteiger partial charge in [-0.05, 0) is 56.0 Å². The summed E-state index contributed by atoms with van der Waals surface area (Å²) in [5.74, 6) is 0.847. The monoisotopic (exact) mass is 477 g/mol. The van der Waals surface area contributed by atoms with E-state index in [0.29, 0.717) is 50.0 Å². The predicted octanol–water partition coefficient (Wildman–Crippen LogP) is 4.96. The van der Waals surface area contributed by atoms with Crippen molar-refractivity contribution in [2.24, 2.45) is 0 Å². The summed E-state index contributed by atoms with van der Waals surface area (Å²) in [6.07, 6.45) is 6.73. The molecule has 2 aromatic rings. The first-order chi connectivity index (χ1) is 17.0. The molecule has 0 radical (unpaired) electrons. The van der Waals surface area contributed by atoms with E-state index in [1.165, 1.54) is 31.4 Å². The van der Waals surface area contributed by atoms with Gasteiger partial charge in [0, 0.05) is 42.8 Å². The summed E-state index contributed by atoms with van der Waals surface area (Å²) in [6.45, 7) is 4.89. The van der Waals surface area contributed by atoms with E-state index < -0.39 is 0 Å². The van der Waals surface area contributed by atoms with Gasteiger partial charge in [-0.1, -0.05) is 19.3 Å². The number of urea groups is 1. The molecule has 35 heavy (non-hydrogen) atoms. The van der Waals surface area contributed by atoms with Crippen LogP contribution < -0.4 is 10.2 Å². The zero-order chi connectivity index (χ0) is 24.4. The summed E-state index contributed by atoms with van der Waals surface area (Å²) in [5, 5.41) is 13.0. The lowest BCUT2D eigenvalue weighted by Gasteiger charge is -2.41. The van der Waals surface area contributed by atoms with Crippen LogP contribution in [0.5, 0.6) is 0 Å². The maximum atomic E-state index is 13.2. The minimum atomic E-state index is -0.338. The van der Waals surface area contributed by atoms with Crippen molar-refractivity contribution in [3.63, 3.8) is 0 Å². The summed E-state index contributed by atoms with van der Waals surface area (Å²) in [5.41, 5.74) is 4.59. The second-order valence-corrected chi connectivity index (χ2v) is 9.83. The fourth-order valence-electron chi connectivity index (χ4n) is 5.70. The largest absolute Gasteiger partial charge is 0.376 e. The first-order valence-corrected chi connectivity index (χ1v) is 12.7. The number of hydrogen-bond donors (Lipinski definition) is 1. The first-order valence-electron chi connectivity index (χ1n) is 12.7. The Balaban J connectivity index is 1.38. The van der Waals surface area contributed by atoms with Crippen molar-refractivity contribution in [3.05, 3.63) is 52.5 Å². The lowest BCUT2D eigenvalue weighted by molar-refractivity contribution is 0.109. The van der Waals surface area contributed by atoms with Gasteiger partial charge < -0.3 is 19.9 Å². The van der Waals surface area contributed by atoms with Gasteiger partial charge in [0.2, 0.25) is 0 Å². The smallest absolute Gasteiger partial charge is 0.322 e. The van der Waals surface area contributed by atoms with Crippen LogP contribution >= 0.6 is 0 Å². The summed E-state index contributed by atoms with van der Waals surface area (Å²) in [6, 6.07) is 7.95. The van der Waals surface area contributed by atoms with Crippen molar-refractivity contribution in [2.75, 3.05) is 36.5 Å². The maximum absolute atomic E-state index is 13.2. The zero-order valence-corrected chi connectivity index (χ0v) is 20.2. The van der Waals surface area contributed by atoms with Gasteiger partial charge in [-0.25, -0.2) is 14.2 Å². The number of carbonyl (C=O) groups is 1. The van der Waals surface area contributed by atoms with Crippen molar-refractivity contribution in [1.82, 2.24) is 9.88 Å². The summed E-state index contributed by atoms with van der Waals surface area (Å²) in [7, 11) is 0. The second-order valence-electron chi connectivity index (χ2n) is 9.83. The van der Waals surface area contributed by atoms with Crippen molar-refractivity contribution in [3.8, 4) is 6.07 Å². The van der Waals surface area contributed by atoms with Crippen molar-refractivity contribution < 1.29 is 13.9 Å². The minimum Gasteiger partial charge on any atom is -0.376 e. The summed E-state index contributed by atoms with van der Waals surface area (Å²) in [4.78, 5) is 22.0. The molecule has 8 heteroatoms. The standard InChI is InChI=1S/C27H32FN5O2/c1-18-16-32(12-13-33(18)27(34)30-21-9-7-20(28)8-10-21)26-23(15-29)22-11-14-35-17-24(22)25(31-26)19-5-3-2-4-6-19/h7-10,18-19H,2-6,11-14,16-17H2,1H3,(H,30,34). The molecule has 7 nitrogen and oxygen atoms in total. The number of rotatable bonds is 3. The number of ether oxygens (including phenoxy) is 1. The van der Waals surface area contributed by atoms with Crippen LogP contribution in [0.25, 0.3) is 0 Å². The van der Waals surface area contributed by atoms with Crippen LogP contribution in [0.4, 0.5) is 20.7 Å². The number of nitriles is 1. The molecule has 1 unspecified atom stereocenters. The number of halogens is 1. The van der Waals surface area contributed by atoms with E-state index in [-0.39, 0.29) is 17.9 Å². The molecule has 1 aromatic heterocycles. The number of fused-ring (bicyclic) bond motifs is 1. The van der Waals surface area contributed by atoms with Crippen LogP contribution in [0.2, 0.25) is 0 Å². The average molecular weight is 478 g/mol. The van der Waals surface area contributed by atoms with E-state index in [1.54, 1.807) is 17.0 Å². The molecular weight excluding hydrogens is 445 g/mol. The van der Waals surface area contributed by atoms with Gasteiger partial charge in [-0.3, -0.25) is 0 Å². The molecule has 0 bridgehead atoms. The highest BCUT2D eigenvalue weighted by molar-refractivity contribution is 5.89. The highest BCUT2D eigenvalue weighted by atomic mass is 19.1. The van der Waals surface area contributed by atoms with Gasteiger partial charge in [-0.15, -0.1) is 0 Å². The number of nitrogens with zero attached hydrogens (tertiary/aromatic N) is 4. The predicted molar refractivity (Wildman–Crippen MR) is 132 cm³/mol. The Kier molecular flexibility index (Phi) is 6.87. The van der Waals surface area contributed by atoms with Gasteiger partial charge in [0.25, 0.3) is 0 Å². The highest BCUT2D eigenvalue weighted by Crippen LogP contribution is 2.39. The number of benzene rings is 1. The second kappa shape index (κ2) is 10.2. The molecule has 2 fully saturated rings. The van der Waals surface area contributed by atoms with Gasteiger partial charge in [0.15, 0.2) is 0 Å². The number of amides is 2. The number of piperazine rings is 1. The quantitative estimate of drug-likeness (QED) is 0.676. The molecule has 1 aliphatic carbocycles. The topological polar surface area (TPSA) is 81.5 Å². The third-order valence-corrected chi connectivity index (χ3v) is 7.56. The number of carbonyl (C=O) groups excluding carboxylic acids is 1. The SMILES string of the molecule is CC1CN(c2nc(C3CCCCC3)c3c(c2C#N)CCOC3)CCN1C(=O)Nc1ccc(F)cc1. The molecule has 2 aliphatic heterocycles. The van der Waals surface area contributed by atoms with Crippen molar-refractivity contribution >= 4 is 17.5 Å². The number of aromatic nitrogens is 1. The summed E-state index contributed by atoms with van der Waals surface area (Å²) >= 11 is 0. The van der Waals surface area contributed by atoms with E-state index in [0.717, 1.165) is 41.9 Å². The number of nitrogens with one attached hydrogen (secondary N) is 1. The molecule has 1 saturated carbocycles. The van der Waals surface area contributed by atoms with Gasteiger partial charge in [-0.2, -0.15) is 5.26 Å². The van der Waals surface area contributed by atoms with E-state index >= 15 is 0 Å². The van der Waals surface area contributed by atoms with Gasteiger partial charge in [0.05, 0.1) is 24.5 Å². The number of hydrogen-bond acceptors (Lipinski definition) is 5. The minimum absolute atomic E-state index is 0.0740. The van der Waals surface area contributed by atoms with Crippen LogP contribution in [0.1, 0.15) is 67.3 Å². The third kappa shape index (κ3) is 4.83. The molecule has 1 atom stereocenters. The Morgan fingerprint density at radius 3 is 2.66 bits per heavy atom. The maximum Gasteiger partial charge on any atom is 0.322 e. The normalized spacial score (nSPS) is 20.8. The van der Waals surface area contributed by atoms with Crippen molar-refractivity contribution in [2.45, 2.75) is 64.0 Å². The zero-order valence-electron chi connectivity index (χ0n) is 20.2. The number of pyridine rings is 1. The van der Waals surface area contributed by atoms with E-state index in [4.69, 9.17) is 9.72 Å².